The Bertz CT molecular complexity index is 435. The molecule has 18 heavy (non-hydrogen) atoms. The number of amides is 1. The van der Waals surface area contributed by atoms with Crippen LogP contribution in [0.25, 0.3) is 0 Å². The lowest BCUT2D eigenvalue weighted by Crippen LogP contribution is -2.29. The Morgan fingerprint density at radius 3 is 3.06 bits per heavy atom. The van der Waals surface area contributed by atoms with Gasteiger partial charge in [-0.1, -0.05) is 6.07 Å². The molecular formula is C12H14N2O4. The largest absolute Gasteiger partial charge is 0.506 e. The van der Waals surface area contributed by atoms with Crippen LogP contribution < -0.4 is 0 Å². The highest BCUT2D eigenvalue weighted by atomic mass is 16.7. The van der Waals surface area contributed by atoms with Crippen LogP contribution in [0.15, 0.2) is 24.4 Å². The highest BCUT2D eigenvalue weighted by Crippen LogP contribution is 2.14. The summed E-state index contributed by atoms with van der Waals surface area (Å²) in [4.78, 5) is 27.8. The maximum Gasteiger partial charge on any atom is 0.506 e. The number of rotatable bonds is 4. The minimum Gasteiger partial charge on any atom is -0.450 e. The Morgan fingerprint density at radius 2 is 2.39 bits per heavy atom. The zero-order valence-corrected chi connectivity index (χ0v) is 9.78. The number of carbonyl (C=O) groups excluding carboxylic acids is 1. The molecule has 1 fully saturated rings. The molecule has 1 aromatic heterocycles. The molecule has 96 valence electrons. The number of ether oxygens (including phenoxy) is 1. The first-order valence-electron chi connectivity index (χ1n) is 5.72. The number of hydrogen-bond donors (Lipinski definition) is 1. The third-order valence-corrected chi connectivity index (χ3v) is 2.81. The molecule has 2 heterocycles. The number of nitrogens with zero attached hydrogens (tertiary/aromatic N) is 2. The van der Waals surface area contributed by atoms with Crippen molar-refractivity contribution in [2.24, 2.45) is 0 Å². The first-order chi connectivity index (χ1) is 8.65. The van der Waals surface area contributed by atoms with Gasteiger partial charge in [0.25, 0.3) is 0 Å². The molecule has 1 aliphatic heterocycles. The highest BCUT2D eigenvalue weighted by molar-refractivity contribution is 5.79. The maximum absolute atomic E-state index is 11.6. The molecule has 0 bridgehead atoms. The Hall–Kier alpha value is -2.11. The van der Waals surface area contributed by atoms with E-state index in [1.807, 2.05) is 18.2 Å². The van der Waals surface area contributed by atoms with Gasteiger partial charge >= 0.3 is 6.16 Å². The van der Waals surface area contributed by atoms with Gasteiger partial charge in [-0.2, -0.15) is 0 Å². The monoisotopic (exact) mass is 250 g/mol. The standard InChI is InChI=1S/C12H14N2O4/c15-11-7-10(18-12(16)17)8-14(11)6-4-9-3-1-2-5-13-9/h1-3,5,10H,4,6-8H2,(H,16,17). The van der Waals surface area contributed by atoms with E-state index in [9.17, 15) is 9.59 Å². The minimum atomic E-state index is -1.33. The normalized spacial score (nSPS) is 19.0. The third-order valence-electron chi connectivity index (χ3n) is 2.81. The van der Waals surface area contributed by atoms with E-state index in [1.54, 1.807) is 11.1 Å². The van der Waals surface area contributed by atoms with E-state index >= 15 is 0 Å². The van der Waals surface area contributed by atoms with Crippen LogP contribution in [-0.4, -0.2) is 46.2 Å². The Balaban J connectivity index is 1.83. The van der Waals surface area contributed by atoms with E-state index in [0.29, 0.717) is 19.5 Å². The first-order valence-corrected chi connectivity index (χ1v) is 5.72. The first kappa shape index (κ1) is 12.3. The average Bonchev–Trinajstić information content (AvgIpc) is 2.67. The molecule has 1 aliphatic rings. The molecule has 1 amide bonds. The predicted molar refractivity (Wildman–Crippen MR) is 62.0 cm³/mol. The van der Waals surface area contributed by atoms with Gasteiger partial charge in [0.2, 0.25) is 5.91 Å². The van der Waals surface area contributed by atoms with Gasteiger partial charge < -0.3 is 14.7 Å². The zero-order chi connectivity index (χ0) is 13.0. The van der Waals surface area contributed by atoms with Crippen molar-refractivity contribution in [3.8, 4) is 0 Å². The molecule has 0 radical (unpaired) electrons. The zero-order valence-electron chi connectivity index (χ0n) is 9.78. The maximum atomic E-state index is 11.6. The van der Waals surface area contributed by atoms with Crippen molar-refractivity contribution in [2.45, 2.75) is 18.9 Å². The molecule has 1 aromatic rings. The second-order valence-corrected chi connectivity index (χ2v) is 4.12. The molecule has 2 rings (SSSR count). The summed E-state index contributed by atoms with van der Waals surface area (Å²) in [5, 5.41) is 8.49. The van der Waals surface area contributed by atoms with Crippen LogP contribution in [0.3, 0.4) is 0 Å². The van der Waals surface area contributed by atoms with Crippen molar-refractivity contribution in [2.75, 3.05) is 13.1 Å². The van der Waals surface area contributed by atoms with Crippen molar-refractivity contribution in [1.82, 2.24) is 9.88 Å². The van der Waals surface area contributed by atoms with Gasteiger partial charge in [-0.15, -0.1) is 0 Å². The second kappa shape index (κ2) is 5.48. The second-order valence-electron chi connectivity index (χ2n) is 4.12. The van der Waals surface area contributed by atoms with Gasteiger partial charge in [-0.3, -0.25) is 9.78 Å². The van der Waals surface area contributed by atoms with Crippen LogP contribution in [0, 0.1) is 0 Å². The molecule has 0 saturated carbocycles. The lowest BCUT2D eigenvalue weighted by atomic mass is 10.2. The summed E-state index contributed by atoms with van der Waals surface area (Å²) >= 11 is 0. The fourth-order valence-electron chi connectivity index (χ4n) is 1.97. The molecule has 1 atom stereocenters. The van der Waals surface area contributed by atoms with Gasteiger partial charge in [-0.25, -0.2) is 4.79 Å². The number of carbonyl (C=O) groups is 2. The van der Waals surface area contributed by atoms with E-state index < -0.39 is 12.3 Å². The third kappa shape index (κ3) is 3.19. The number of likely N-dealkylation sites (tertiary alicyclic amines) is 1. The predicted octanol–water partition coefficient (Wildman–Crippen LogP) is 0.920. The quantitative estimate of drug-likeness (QED) is 0.804. The van der Waals surface area contributed by atoms with Crippen LogP contribution in [-0.2, 0) is 16.0 Å². The number of carboxylic acid groups (broad SMARTS) is 1. The summed E-state index contributed by atoms with van der Waals surface area (Å²) in [6.45, 7) is 0.868. The van der Waals surface area contributed by atoms with E-state index in [4.69, 9.17) is 5.11 Å². The molecule has 1 N–H and O–H groups in total. The van der Waals surface area contributed by atoms with Crippen LogP contribution in [0.4, 0.5) is 4.79 Å². The SMILES string of the molecule is O=C(O)OC1CC(=O)N(CCc2ccccn2)C1. The smallest absolute Gasteiger partial charge is 0.450 e. The van der Waals surface area contributed by atoms with Gasteiger partial charge in [0.15, 0.2) is 0 Å². The van der Waals surface area contributed by atoms with Crippen molar-refractivity contribution in [3.63, 3.8) is 0 Å². The number of aromatic nitrogens is 1. The van der Waals surface area contributed by atoms with E-state index in [2.05, 4.69) is 9.72 Å². The molecule has 0 aromatic carbocycles. The molecule has 6 nitrogen and oxygen atoms in total. The average molecular weight is 250 g/mol. The van der Waals surface area contributed by atoms with Gasteiger partial charge in [0.05, 0.1) is 13.0 Å². The molecule has 1 unspecified atom stereocenters. The highest BCUT2D eigenvalue weighted by Gasteiger charge is 2.31. The molecule has 1 saturated heterocycles. The Kier molecular flexibility index (Phi) is 3.76. The van der Waals surface area contributed by atoms with Crippen LogP contribution >= 0.6 is 0 Å². The summed E-state index contributed by atoms with van der Waals surface area (Å²) < 4.78 is 4.60. The van der Waals surface area contributed by atoms with Crippen molar-refractivity contribution < 1.29 is 19.4 Å². The van der Waals surface area contributed by atoms with Crippen molar-refractivity contribution in [3.05, 3.63) is 30.1 Å². The van der Waals surface area contributed by atoms with Crippen molar-refractivity contribution >= 4 is 12.1 Å². The summed E-state index contributed by atoms with van der Waals surface area (Å²) in [6, 6.07) is 5.62. The fraction of sp³-hybridized carbons (Fsp3) is 0.417. The lowest BCUT2D eigenvalue weighted by Gasteiger charge is -2.15. The minimum absolute atomic E-state index is 0.0721. The molecule has 0 aliphatic carbocycles. The number of pyridine rings is 1. The topological polar surface area (TPSA) is 79.7 Å². The van der Waals surface area contributed by atoms with E-state index in [1.165, 1.54) is 0 Å². The summed E-state index contributed by atoms with van der Waals surface area (Å²) in [7, 11) is 0. The van der Waals surface area contributed by atoms with Crippen molar-refractivity contribution in [1.29, 1.82) is 0 Å². The van der Waals surface area contributed by atoms with E-state index in [0.717, 1.165) is 5.69 Å². The molecule has 0 spiro atoms. The van der Waals surface area contributed by atoms with Gasteiger partial charge in [0, 0.05) is 24.9 Å². The Morgan fingerprint density at radius 1 is 1.56 bits per heavy atom. The summed E-state index contributed by atoms with van der Waals surface area (Å²) in [5.41, 5.74) is 0.910. The van der Waals surface area contributed by atoms with E-state index in [-0.39, 0.29) is 12.3 Å². The summed E-state index contributed by atoms with van der Waals surface area (Å²) in [5.74, 6) is -0.0721. The van der Waals surface area contributed by atoms with Crippen LogP contribution in [0.1, 0.15) is 12.1 Å². The Labute approximate surface area is 104 Å². The van der Waals surface area contributed by atoms with Gasteiger partial charge in [-0.05, 0) is 12.1 Å². The fourth-order valence-corrected chi connectivity index (χ4v) is 1.97. The van der Waals surface area contributed by atoms with Gasteiger partial charge in [0.1, 0.15) is 6.10 Å². The lowest BCUT2D eigenvalue weighted by molar-refractivity contribution is -0.127. The van der Waals surface area contributed by atoms with Crippen LogP contribution in [0.5, 0.6) is 0 Å². The number of hydrogen-bond acceptors (Lipinski definition) is 4. The van der Waals surface area contributed by atoms with Crippen LogP contribution in [0.2, 0.25) is 0 Å². The molecular weight excluding hydrogens is 236 g/mol. The molecule has 6 heteroatoms. The summed E-state index contributed by atoms with van der Waals surface area (Å²) in [6.07, 6.45) is 0.622.